The first kappa shape index (κ1) is 6.41. The maximum atomic E-state index is 5.10. The Balaban J connectivity index is 2.34. The molecule has 0 aromatic carbocycles. The molecule has 0 amide bonds. The molecule has 6 heavy (non-hydrogen) atoms. The molecule has 1 unspecified atom stereocenters. The van der Waals surface area contributed by atoms with E-state index < -0.39 is 0 Å². The van der Waals surface area contributed by atoms with Crippen LogP contribution in [0.1, 0.15) is 6.92 Å². The van der Waals surface area contributed by atoms with Gasteiger partial charge in [-0.15, -0.1) is 0 Å². The lowest BCUT2D eigenvalue weighted by molar-refractivity contribution is 0.396. The highest BCUT2D eigenvalue weighted by atomic mass is 31.1. The summed E-state index contributed by atoms with van der Waals surface area (Å²) in [5, 5.41) is 0. The summed E-state index contributed by atoms with van der Waals surface area (Å²) in [6, 6.07) is 0. The summed E-state index contributed by atoms with van der Waals surface area (Å²) in [5.41, 5.74) is 5.10. The summed E-state index contributed by atoms with van der Waals surface area (Å²) in [6.07, 6.45) is 0. The molecule has 0 heterocycles. The summed E-state index contributed by atoms with van der Waals surface area (Å²) in [7, 11) is 1.15. The molecule has 0 bridgehead atoms. The van der Waals surface area contributed by atoms with E-state index >= 15 is 0 Å². The summed E-state index contributed by atoms with van der Waals surface area (Å²) >= 11 is 0. The lowest BCUT2D eigenvalue weighted by atomic mass is 10.5. The molecule has 0 aliphatic heterocycles. The van der Waals surface area contributed by atoms with E-state index in [1.165, 1.54) is 0 Å². The molecule has 2 nitrogen and oxygen atoms in total. The molecule has 0 aliphatic carbocycles. The normalized spacial score (nSPS) is 10.3. The maximum absolute atomic E-state index is 5.10. The number of hydrogen-bond acceptors (Lipinski definition) is 2. The second-order valence-corrected chi connectivity index (χ2v) is 1.77. The van der Waals surface area contributed by atoms with E-state index in [0.717, 1.165) is 6.61 Å². The van der Waals surface area contributed by atoms with Crippen LogP contribution in [0.25, 0.3) is 0 Å². The molecule has 0 aromatic rings. The standard InChI is InChI=1S/C2H9BNOP/c1-2-5-6-3-4/h3,6H,2,4H2,1H3. The van der Waals surface area contributed by atoms with Gasteiger partial charge in [-0.25, -0.2) is 0 Å². The largest absolute Gasteiger partial charge is 0.371 e. The predicted molar refractivity (Wildman–Crippen MR) is 31.3 cm³/mol. The zero-order chi connectivity index (χ0) is 4.83. The van der Waals surface area contributed by atoms with Crippen LogP contribution in [0.15, 0.2) is 0 Å². The molecule has 2 N–H and O–H groups in total. The molecule has 0 saturated heterocycles. The van der Waals surface area contributed by atoms with Gasteiger partial charge in [0.05, 0.1) is 0 Å². The van der Waals surface area contributed by atoms with Crippen LogP contribution < -0.4 is 5.64 Å². The second-order valence-electron chi connectivity index (χ2n) is 0.781. The van der Waals surface area contributed by atoms with Crippen LogP contribution in [0.4, 0.5) is 0 Å². The van der Waals surface area contributed by atoms with Gasteiger partial charge in [-0.3, -0.25) is 0 Å². The third-order valence-electron chi connectivity index (χ3n) is 0.330. The van der Waals surface area contributed by atoms with Crippen LogP contribution in [-0.4, -0.2) is 13.7 Å². The molecule has 0 spiro atoms. The third kappa shape index (κ3) is 4.41. The highest BCUT2D eigenvalue weighted by Gasteiger charge is 1.76. The van der Waals surface area contributed by atoms with Crippen LogP contribution in [-0.2, 0) is 4.52 Å². The van der Waals surface area contributed by atoms with Crippen molar-refractivity contribution in [2.45, 2.75) is 6.92 Å². The highest BCUT2D eigenvalue weighted by molar-refractivity contribution is 7.66. The van der Waals surface area contributed by atoms with Crippen molar-refractivity contribution in [3.05, 3.63) is 0 Å². The Kier molecular flexibility index (Phi) is 5.79. The van der Waals surface area contributed by atoms with Crippen LogP contribution in [0.5, 0.6) is 0 Å². The molecule has 0 fully saturated rings. The van der Waals surface area contributed by atoms with Gasteiger partial charge in [-0.2, -0.15) is 0 Å². The Morgan fingerprint density at radius 3 is 2.83 bits per heavy atom. The zero-order valence-electron chi connectivity index (χ0n) is 3.90. The molecule has 0 radical (unpaired) electrons. The summed E-state index contributed by atoms with van der Waals surface area (Å²) in [4.78, 5) is 0. The Morgan fingerprint density at radius 1 is 2.00 bits per heavy atom. The van der Waals surface area contributed by atoms with Crippen molar-refractivity contribution in [1.29, 1.82) is 0 Å². The molecule has 1 atom stereocenters. The summed E-state index contributed by atoms with van der Waals surface area (Å²) in [6.45, 7) is 2.75. The molecule has 36 valence electrons. The first-order chi connectivity index (χ1) is 2.91. The number of nitrogens with two attached hydrogens (primary N) is 1. The van der Waals surface area contributed by atoms with Crippen LogP contribution in [0.3, 0.4) is 0 Å². The second kappa shape index (κ2) is 5.41. The van der Waals surface area contributed by atoms with Crippen molar-refractivity contribution < 1.29 is 4.52 Å². The Labute approximate surface area is 40.5 Å². The van der Waals surface area contributed by atoms with Gasteiger partial charge < -0.3 is 10.2 Å². The minimum absolute atomic E-state index is 0.493. The lowest BCUT2D eigenvalue weighted by Crippen LogP contribution is -1.96. The molecule has 0 aromatic heterocycles. The highest BCUT2D eigenvalue weighted by Crippen LogP contribution is 2.02. The van der Waals surface area contributed by atoms with Gasteiger partial charge in [-0.1, -0.05) is 0 Å². The molecular weight excluding hydrogens is 95.8 g/mol. The summed E-state index contributed by atoms with van der Waals surface area (Å²) < 4.78 is 4.89. The van der Waals surface area contributed by atoms with E-state index in [4.69, 9.17) is 10.2 Å². The first-order valence-corrected chi connectivity index (χ1v) is 3.08. The van der Waals surface area contributed by atoms with Crippen molar-refractivity contribution >= 4 is 15.8 Å². The quantitative estimate of drug-likeness (QED) is 0.307. The van der Waals surface area contributed by atoms with E-state index in [0.29, 0.717) is 15.8 Å². The lowest BCUT2D eigenvalue weighted by Gasteiger charge is -1.90. The molecular formula is C2H9BNOP. The minimum atomic E-state index is 0.493. The smallest absolute Gasteiger partial charge is 0.257 e. The molecule has 0 aliphatic rings. The van der Waals surface area contributed by atoms with E-state index in [9.17, 15) is 0 Å². The van der Waals surface area contributed by atoms with Crippen molar-refractivity contribution in [3.63, 3.8) is 0 Å². The fourth-order valence-electron chi connectivity index (χ4n) is 0.161. The van der Waals surface area contributed by atoms with Crippen LogP contribution in [0.2, 0.25) is 0 Å². The Bertz CT molecular complexity index is 25.5. The Morgan fingerprint density at radius 2 is 2.67 bits per heavy atom. The topological polar surface area (TPSA) is 35.2 Å². The van der Waals surface area contributed by atoms with Gasteiger partial charge in [0.25, 0.3) is 7.13 Å². The fraction of sp³-hybridized carbons (Fsp3) is 1.00. The van der Waals surface area contributed by atoms with E-state index in [1.54, 1.807) is 0 Å². The Hall–Kier alpha value is 0.415. The average Bonchev–Trinajstić information content (AvgIpc) is 1.61. The van der Waals surface area contributed by atoms with E-state index in [2.05, 4.69) is 0 Å². The van der Waals surface area contributed by atoms with Crippen LogP contribution >= 0.6 is 8.69 Å². The third-order valence-corrected chi connectivity index (χ3v) is 0.989. The van der Waals surface area contributed by atoms with Crippen LogP contribution in [0, 0.1) is 0 Å². The van der Waals surface area contributed by atoms with Gasteiger partial charge in [0.1, 0.15) is 0 Å². The average molecular weight is 105 g/mol. The molecule has 4 heteroatoms. The first-order valence-electron chi connectivity index (χ1n) is 1.96. The van der Waals surface area contributed by atoms with Crippen molar-refractivity contribution in [3.8, 4) is 0 Å². The number of rotatable bonds is 3. The molecule has 0 saturated carbocycles. The minimum Gasteiger partial charge on any atom is -0.371 e. The zero-order valence-corrected chi connectivity index (χ0v) is 4.90. The number of hydrogen-bond donors (Lipinski definition) is 1. The molecule has 0 rings (SSSR count). The SMILES string of the molecule is CCOPBN. The van der Waals surface area contributed by atoms with Gasteiger partial charge in [-0.05, 0) is 15.6 Å². The van der Waals surface area contributed by atoms with Gasteiger partial charge in [0, 0.05) is 6.61 Å². The maximum Gasteiger partial charge on any atom is 0.257 e. The monoisotopic (exact) mass is 105 g/mol. The summed E-state index contributed by atoms with van der Waals surface area (Å²) in [5.74, 6) is 0. The van der Waals surface area contributed by atoms with Gasteiger partial charge in [0.2, 0.25) is 0 Å². The van der Waals surface area contributed by atoms with Gasteiger partial charge in [0.15, 0.2) is 0 Å². The van der Waals surface area contributed by atoms with Crippen molar-refractivity contribution in [2.75, 3.05) is 6.61 Å². The predicted octanol–water partition coefficient (Wildman–Crippen LogP) is -0.158. The fourth-order valence-corrected chi connectivity index (χ4v) is 0.483. The van der Waals surface area contributed by atoms with E-state index in [-0.39, 0.29) is 0 Å². The van der Waals surface area contributed by atoms with Crippen molar-refractivity contribution in [2.24, 2.45) is 5.64 Å². The van der Waals surface area contributed by atoms with Gasteiger partial charge >= 0.3 is 0 Å². The van der Waals surface area contributed by atoms with Crippen molar-refractivity contribution in [1.82, 2.24) is 0 Å². The van der Waals surface area contributed by atoms with E-state index in [1.807, 2.05) is 6.92 Å².